The van der Waals surface area contributed by atoms with Gasteiger partial charge in [0, 0.05) is 13.1 Å². The predicted octanol–water partition coefficient (Wildman–Crippen LogP) is 3.17. The molecule has 0 aliphatic carbocycles. The number of ether oxygens (including phenoxy) is 1. The maximum atomic E-state index is 11.2. The van der Waals surface area contributed by atoms with E-state index in [1.54, 1.807) is 25.1 Å². The molecule has 0 aromatic heterocycles. The molecule has 0 bridgehead atoms. The molecule has 6 heteroatoms. The van der Waals surface area contributed by atoms with E-state index in [4.69, 9.17) is 27.9 Å². The van der Waals surface area contributed by atoms with Crippen LogP contribution in [-0.4, -0.2) is 42.2 Å². The number of benzene rings is 1. The van der Waals surface area contributed by atoms with Gasteiger partial charge < -0.3 is 9.84 Å². The molecule has 1 aliphatic heterocycles. The first kappa shape index (κ1) is 15.4. The van der Waals surface area contributed by atoms with Crippen molar-refractivity contribution in [3.05, 3.63) is 28.2 Å². The van der Waals surface area contributed by atoms with Crippen LogP contribution in [0, 0.1) is 5.41 Å². The molecule has 1 fully saturated rings. The SMILES string of the molecule is CC1(C(=O)O)CCN(CCOc2c(Cl)cccc2Cl)C1. The maximum absolute atomic E-state index is 11.2. The summed E-state index contributed by atoms with van der Waals surface area (Å²) in [5.74, 6) is -0.258. The molecule has 0 spiro atoms. The summed E-state index contributed by atoms with van der Waals surface area (Å²) < 4.78 is 5.61. The number of halogens is 2. The number of likely N-dealkylation sites (tertiary alicyclic amines) is 1. The number of nitrogens with zero attached hydrogens (tertiary/aromatic N) is 1. The van der Waals surface area contributed by atoms with Crippen molar-refractivity contribution in [2.45, 2.75) is 13.3 Å². The highest BCUT2D eigenvalue weighted by Gasteiger charge is 2.40. The average molecular weight is 318 g/mol. The number of hydrogen-bond donors (Lipinski definition) is 1. The van der Waals surface area contributed by atoms with Crippen molar-refractivity contribution in [1.82, 2.24) is 4.90 Å². The number of aliphatic carboxylic acids is 1. The van der Waals surface area contributed by atoms with Gasteiger partial charge in [-0.1, -0.05) is 29.3 Å². The minimum absolute atomic E-state index is 0.430. The Bertz CT molecular complexity index is 489. The first-order valence-corrected chi connectivity index (χ1v) is 7.20. The van der Waals surface area contributed by atoms with Crippen LogP contribution in [0.4, 0.5) is 0 Å². The molecule has 0 radical (unpaired) electrons. The van der Waals surface area contributed by atoms with Crippen molar-refractivity contribution in [3.8, 4) is 5.75 Å². The molecular formula is C14H17Cl2NO3. The Morgan fingerprint density at radius 1 is 1.45 bits per heavy atom. The molecule has 1 heterocycles. The van der Waals surface area contributed by atoms with Crippen LogP contribution in [-0.2, 0) is 4.79 Å². The van der Waals surface area contributed by atoms with Crippen LogP contribution in [0.3, 0.4) is 0 Å². The number of carbonyl (C=O) groups is 1. The van der Waals surface area contributed by atoms with E-state index in [2.05, 4.69) is 4.90 Å². The van der Waals surface area contributed by atoms with E-state index in [0.29, 0.717) is 41.9 Å². The molecule has 20 heavy (non-hydrogen) atoms. The summed E-state index contributed by atoms with van der Waals surface area (Å²) in [5.41, 5.74) is -0.651. The molecule has 110 valence electrons. The fraction of sp³-hybridized carbons (Fsp3) is 0.500. The lowest BCUT2D eigenvalue weighted by Gasteiger charge is -2.20. The van der Waals surface area contributed by atoms with Gasteiger partial charge >= 0.3 is 5.97 Å². The summed E-state index contributed by atoms with van der Waals surface area (Å²) in [7, 11) is 0. The number of para-hydroxylation sites is 1. The summed E-state index contributed by atoms with van der Waals surface area (Å²) in [6, 6.07) is 5.20. The second-order valence-corrected chi connectivity index (χ2v) is 6.11. The van der Waals surface area contributed by atoms with Gasteiger partial charge in [-0.25, -0.2) is 0 Å². The predicted molar refractivity (Wildman–Crippen MR) is 78.8 cm³/mol. The zero-order chi connectivity index (χ0) is 14.8. The molecule has 1 aromatic carbocycles. The second-order valence-electron chi connectivity index (χ2n) is 5.29. The maximum Gasteiger partial charge on any atom is 0.310 e. The van der Waals surface area contributed by atoms with Crippen molar-refractivity contribution in [2.24, 2.45) is 5.41 Å². The van der Waals surface area contributed by atoms with Gasteiger partial charge in [0.1, 0.15) is 6.61 Å². The third-order valence-corrected chi connectivity index (χ3v) is 4.24. The highest BCUT2D eigenvalue weighted by atomic mass is 35.5. The van der Waals surface area contributed by atoms with E-state index < -0.39 is 11.4 Å². The molecular weight excluding hydrogens is 301 g/mol. The van der Waals surface area contributed by atoms with E-state index in [1.165, 1.54) is 0 Å². The molecule has 2 rings (SSSR count). The first-order chi connectivity index (χ1) is 9.42. The normalized spacial score (nSPS) is 22.9. The Hall–Kier alpha value is -0.970. The highest BCUT2D eigenvalue weighted by Crippen LogP contribution is 2.33. The molecule has 1 aliphatic rings. The molecule has 0 amide bonds. The van der Waals surface area contributed by atoms with Gasteiger partial charge in [0.25, 0.3) is 0 Å². The topological polar surface area (TPSA) is 49.8 Å². The smallest absolute Gasteiger partial charge is 0.310 e. The van der Waals surface area contributed by atoms with Crippen molar-refractivity contribution >= 4 is 29.2 Å². The second kappa shape index (κ2) is 6.20. The number of rotatable bonds is 5. The summed E-state index contributed by atoms with van der Waals surface area (Å²) >= 11 is 12.0. The lowest BCUT2D eigenvalue weighted by atomic mass is 9.90. The monoisotopic (exact) mass is 317 g/mol. The summed E-state index contributed by atoms with van der Waals surface area (Å²) in [4.78, 5) is 13.2. The molecule has 1 aromatic rings. The fourth-order valence-corrected chi connectivity index (χ4v) is 2.83. The van der Waals surface area contributed by atoms with E-state index in [9.17, 15) is 9.90 Å². The number of carboxylic acids is 1. The summed E-state index contributed by atoms with van der Waals surface area (Å²) in [6.45, 7) is 4.18. The Morgan fingerprint density at radius 3 is 2.65 bits per heavy atom. The van der Waals surface area contributed by atoms with Gasteiger partial charge in [-0.15, -0.1) is 0 Å². The van der Waals surface area contributed by atoms with Gasteiger partial charge in [-0.2, -0.15) is 0 Å². The molecule has 1 saturated heterocycles. The van der Waals surface area contributed by atoms with Crippen LogP contribution in [0.2, 0.25) is 10.0 Å². The van der Waals surface area contributed by atoms with Crippen LogP contribution < -0.4 is 4.74 Å². The molecule has 0 saturated carbocycles. The van der Waals surface area contributed by atoms with Gasteiger partial charge in [0.2, 0.25) is 0 Å². The quantitative estimate of drug-likeness (QED) is 0.906. The van der Waals surface area contributed by atoms with E-state index >= 15 is 0 Å². The average Bonchev–Trinajstić information content (AvgIpc) is 2.76. The minimum Gasteiger partial charge on any atom is -0.489 e. The molecule has 1 unspecified atom stereocenters. The van der Waals surface area contributed by atoms with Crippen LogP contribution in [0.1, 0.15) is 13.3 Å². The fourth-order valence-electron chi connectivity index (χ4n) is 2.32. The van der Waals surface area contributed by atoms with Crippen LogP contribution in [0.5, 0.6) is 5.75 Å². The standard InChI is InChI=1S/C14H17Cl2NO3/c1-14(13(18)19)5-6-17(9-14)7-8-20-12-10(15)3-2-4-11(12)16/h2-4H,5-9H2,1H3,(H,18,19). The highest BCUT2D eigenvalue weighted by molar-refractivity contribution is 6.37. The van der Waals surface area contributed by atoms with E-state index in [0.717, 1.165) is 6.54 Å². The van der Waals surface area contributed by atoms with Crippen molar-refractivity contribution in [1.29, 1.82) is 0 Å². The third kappa shape index (κ3) is 3.37. The van der Waals surface area contributed by atoms with Gasteiger partial charge in [-0.3, -0.25) is 9.69 Å². The van der Waals surface area contributed by atoms with Crippen molar-refractivity contribution in [3.63, 3.8) is 0 Å². The van der Waals surface area contributed by atoms with Crippen LogP contribution >= 0.6 is 23.2 Å². The summed E-state index contributed by atoms with van der Waals surface area (Å²) in [6.07, 6.45) is 0.662. The van der Waals surface area contributed by atoms with Crippen LogP contribution in [0.15, 0.2) is 18.2 Å². The number of carboxylic acid groups (broad SMARTS) is 1. The van der Waals surface area contributed by atoms with Crippen molar-refractivity contribution in [2.75, 3.05) is 26.2 Å². The Kier molecular flexibility index (Phi) is 4.78. The largest absolute Gasteiger partial charge is 0.489 e. The lowest BCUT2D eigenvalue weighted by molar-refractivity contribution is -0.147. The van der Waals surface area contributed by atoms with Gasteiger partial charge in [0.15, 0.2) is 5.75 Å². The molecule has 1 N–H and O–H groups in total. The zero-order valence-electron chi connectivity index (χ0n) is 11.2. The van der Waals surface area contributed by atoms with Crippen molar-refractivity contribution < 1.29 is 14.6 Å². The molecule has 1 atom stereocenters. The van der Waals surface area contributed by atoms with E-state index in [-0.39, 0.29) is 0 Å². The van der Waals surface area contributed by atoms with E-state index in [1.807, 2.05) is 0 Å². The number of hydrogen-bond acceptors (Lipinski definition) is 3. The summed E-state index contributed by atoms with van der Waals surface area (Å²) in [5, 5.41) is 10.1. The Labute approximate surface area is 128 Å². The molecule has 4 nitrogen and oxygen atoms in total. The zero-order valence-corrected chi connectivity index (χ0v) is 12.7. The lowest BCUT2D eigenvalue weighted by Crippen LogP contribution is -2.33. The minimum atomic E-state index is -0.741. The van der Waals surface area contributed by atoms with Crippen LogP contribution in [0.25, 0.3) is 0 Å². The van der Waals surface area contributed by atoms with Gasteiger partial charge in [0.05, 0.1) is 15.5 Å². The Morgan fingerprint density at radius 2 is 2.10 bits per heavy atom. The Balaban J connectivity index is 1.84. The first-order valence-electron chi connectivity index (χ1n) is 6.45. The van der Waals surface area contributed by atoms with Gasteiger partial charge in [-0.05, 0) is 32.0 Å². The third-order valence-electron chi connectivity index (χ3n) is 3.64.